The molecule has 0 heterocycles. The van der Waals surface area contributed by atoms with Gasteiger partial charge in [0.1, 0.15) is 12.4 Å². The molecule has 0 saturated carbocycles. The van der Waals surface area contributed by atoms with Crippen LogP contribution >= 0.6 is 15.9 Å². The Morgan fingerprint density at radius 1 is 1.05 bits per heavy atom. The van der Waals surface area contributed by atoms with E-state index in [9.17, 15) is 0 Å². The maximum absolute atomic E-state index is 5.78. The van der Waals surface area contributed by atoms with E-state index in [1.54, 1.807) is 0 Å². The largest absolute Gasteiger partial charge is 0.489 e. The zero-order chi connectivity index (χ0) is 15.3. The van der Waals surface area contributed by atoms with Crippen LogP contribution in [0.15, 0.2) is 53.0 Å². The lowest BCUT2D eigenvalue weighted by molar-refractivity contribution is 0.305. The van der Waals surface area contributed by atoms with Crippen molar-refractivity contribution in [3.8, 4) is 5.75 Å². The molecule has 0 aliphatic heterocycles. The monoisotopic (exact) mass is 347 g/mol. The third-order valence-electron chi connectivity index (χ3n) is 3.08. The van der Waals surface area contributed by atoms with Gasteiger partial charge in [0.15, 0.2) is 0 Å². The third kappa shape index (κ3) is 5.52. The second-order valence-corrected chi connectivity index (χ2v) is 6.99. The molecule has 0 atom stereocenters. The van der Waals surface area contributed by atoms with Crippen LogP contribution in [0.5, 0.6) is 5.75 Å². The van der Waals surface area contributed by atoms with Crippen molar-refractivity contribution in [2.24, 2.45) is 0 Å². The van der Waals surface area contributed by atoms with Crippen molar-refractivity contribution in [1.29, 1.82) is 0 Å². The van der Waals surface area contributed by atoms with Crippen molar-refractivity contribution >= 4 is 15.9 Å². The summed E-state index contributed by atoms with van der Waals surface area (Å²) in [5.74, 6) is 0.892. The molecule has 0 fully saturated rings. The number of para-hydroxylation sites is 1. The molecule has 0 spiro atoms. The average Bonchev–Trinajstić information content (AvgIpc) is 2.44. The second-order valence-electron chi connectivity index (χ2n) is 6.13. The summed E-state index contributed by atoms with van der Waals surface area (Å²) in [5, 5.41) is 3.49. The number of nitrogens with one attached hydrogen (secondary N) is 1. The zero-order valence-corrected chi connectivity index (χ0v) is 14.4. The fourth-order valence-electron chi connectivity index (χ4n) is 1.86. The molecule has 0 amide bonds. The van der Waals surface area contributed by atoms with Crippen LogP contribution in [0, 0.1) is 0 Å². The zero-order valence-electron chi connectivity index (χ0n) is 12.8. The van der Waals surface area contributed by atoms with Crippen molar-refractivity contribution in [3.05, 3.63) is 64.1 Å². The number of hydrogen-bond acceptors (Lipinski definition) is 2. The Kier molecular flexibility index (Phi) is 5.43. The van der Waals surface area contributed by atoms with Crippen LogP contribution in [-0.4, -0.2) is 5.54 Å². The van der Waals surface area contributed by atoms with E-state index in [0.717, 1.165) is 22.3 Å². The van der Waals surface area contributed by atoms with Gasteiger partial charge in [-0.05, 0) is 44.5 Å². The van der Waals surface area contributed by atoms with Gasteiger partial charge in [0.05, 0.1) is 0 Å². The summed E-state index contributed by atoms with van der Waals surface area (Å²) in [5.41, 5.74) is 2.54. The van der Waals surface area contributed by atoms with Crippen LogP contribution in [0.3, 0.4) is 0 Å². The van der Waals surface area contributed by atoms with Crippen LogP contribution in [0.4, 0.5) is 0 Å². The minimum atomic E-state index is 0.127. The van der Waals surface area contributed by atoms with Gasteiger partial charge in [-0.25, -0.2) is 0 Å². The molecular weight excluding hydrogens is 326 g/mol. The van der Waals surface area contributed by atoms with E-state index in [2.05, 4.69) is 60.2 Å². The summed E-state index contributed by atoms with van der Waals surface area (Å²) in [4.78, 5) is 0. The molecule has 2 aromatic rings. The SMILES string of the molecule is CC(C)(C)NCc1ccc(COc2ccccc2)c(Br)c1. The van der Waals surface area contributed by atoms with E-state index < -0.39 is 0 Å². The van der Waals surface area contributed by atoms with Crippen LogP contribution < -0.4 is 10.1 Å². The average molecular weight is 348 g/mol. The molecule has 0 saturated heterocycles. The molecule has 2 aromatic carbocycles. The maximum atomic E-state index is 5.78. The molecule has 0 aliphatic carbocycles. The molecule has 0 aliphatic rings. The lowest BCUT2D eigenvalue weighted by Gasteiger charge is -2.20. The van der Waals surface area contributed by atoms with Gasteiger partial charge in [-0.3, -0.25) is 0 Å². The standard InChI is InChI=1S/C18H22BrNO/c1-18(2,3)20-12-14-9-10-15(17(19)11-14)13-21-16-7-5-4-6-8-16/h4-11,20H,12-13H2,1-3H3. The topological polar surface area (TPSA) is 21.3 Å². The molecule has 112 valence electrons. The second kappa shape index (κ2) is 7.10. The van der Waals surface area contributed by atoms with E-state index >= 15 is 0 Å². The van der Waals surface area contributed by atoms with Crippen molar-refractivity contribution in [2.75, 3.05) is 0 Å². The van der Waals surface area contributed by atoms with E-state index in [0.29, 0.717) is 6.61 Å². The van der Waals surface area contributed by atoms with Gasteiger partial charge in [-0.2, -0.15) is 0 Å². The highest BCUT2D eigenvalue weighted by Crippen LogP contribution is 2.21. The van der Waals surface area contributed by atoms with E-state index in [1.807, 2.05) is 30.3 Å². The Labute approximate surface area is 135 Å². The minimum Gasteiger partial charge on any atom is -0.489 e. The number of ether oxygens (including phenoxy) is 1. The first-order valence-electron chi connectivity index (χ1n) is 7.14. The van der Waals surface area contributed by atoms with Gasteiger partial charge in [0.25, 0.3) is 0 Å². The summed E-state index contributed by atoms with van der Waals surface area (Å²) in [6.45, 7) is 7.94. The lowest BCUT2D eigenvalue weighted by Crippen LogP contribution is -2.35. The molecule has 2 nitrogen and oxygen atoms in total. The fraction of sp³-hybridized carbons (Fsp3) is 0.333. The number of rotatable bonds is 5. The Morgan fingerprint density at radius 3 is 2.38 bits per heavy atom. The summed E-state index contributed by atoms with van der Waals surface area (Å²) < 4.78 is 6.87. The molecule has 2 rings (SSSR count). The van der Waals surface area contributed by atoms with E-state index in [-0.39, 0.29) is 5.54 Å². The third-order valence-corrected chi connectivity index (χ3v) is 3.82. The van der Waals surface area contributed by atoms with Gasteiger partial charge in [0.2, 0.25) is 0 Å². The highest BCUT2D eigenvalue weighted by Gasteiger charge is 2.09. The predicted molar refractivity (Wildman–Crippen MR) is 91.5 cm³/mol. The Morgan fingerprint density at radius 2 is 1.76 bits per heavy atom. The Bertz CT molecular complexity index is 576. The first-order chi connectivity index (χ1) is 9.94. The summed E-state index contributed by atoms with van der Waals surface area (Å²) in [6, 6.07) is 16.3. The number of halogens is 1. The van der Waals surface area contributed by atoms with E-state index in [1.165, 1.54) is 5.56 Å². The van der Waals surface area contributed by atoms with Gasteiger partial charge in [-0.1, -0.05) is 46.3 Å². The number of benzene rings is 2. The van der Waals surface area contributed by atoms with Gasteiger partial charge < -0.3 is 10.1 Å². The molecule has 0 unspecified atom stereocenters. The van der Waals surface area contributed by atoms with Crippen LogP contribution in [0.1, 0.15) is 31.9 Å². The van der Waals surface area contributed by atoms with Crippen LogP contribution in [-0.2, 0) is 13.2 Å². The van der Waals surface area contributed by atoms with Gasteiger partial charge >= 0.3 is 0 Å². The quantitative estimate of drug-likeness (QED) is 0.828. The maximum Gasteiger partial charge on any atom is 0.119 e. The fourth-order valence-corrected chi connectivity index (χ4v) is 2.40. The lowest BCUT2D eigenvalue weighted by atomic mass is 10.1. The highest BCUT2D eigenvalue weighted by atomic mass is 79.9. The van der Waals surface area contributed by atoms with Crippen molar-refractivity contribution < 1.29 is 4.74 Å². The van der Waals surface area contributed by atoms with Crippen LogP contribution in [0.2, 0.25) is 0 Å². The van der Waals surface area contributed by atoms with Gasteiger partial charge in [0, 0.05) is 22.1 Å². The molecule has 0 radical (unpaired) electrons. The number of hydrogen-bond donors (Lipinski definition) is 1. The first-order valence-corrected chi connectivity index (χ1v) is 7.93. The van der Waals surface area contributed by atoms with Crippen LogP contribution in [0.25, 0.3) is 0 Å². The Hall–Kier alpha value is -1.32. The molecule has 3 heteroatoms. The molecule has 21 heavy (non-hydrogen) atoms. The smallest absolute Gasteiger partial charge is 0.119 e. The molecular formula is C18H22BrNO. The molecule has 0 bridgehead atoms. The summed E-state index contributed by atoms with van der Waals surface area (Å²) >= 11 is 3.63. The molecule has 0 aromatic heterocycles. The first kappa shape index (κ1) is 16.1. The van der Waals surface area contributed by atoms with Crippen molar-refractivity contribution in [3.63, 3.8) is 0 Å². The highest BCUT2D eigenvalue weighted by molar-refractivity contribution is 9.10. The summed E-state index contributed by atoms with van der Waals surface area (Å²) in [6.07, 6.45) is 0. The summed E-state index contributed by atoms with van der Waals surface area (Å²) in [7, 11) is 0. The molecule has 1 N–H and O–H groups in total. The predicted octanol–water partition coefficient (Wildman–Crippen LogP) is 4.92. The van der Waals surface area contributed by atoms with E-state index in [4.69, 9.17) is 4.74 Å². The Balaban J connectivity index is 1.96. The van der Waals surface area contributed by atoms with Crippen molar-refractivity contribution in [2.45, 2.75) is 39.5 Å². The normalized spacial score (nSPS) is 11.4. The van der Waals surface area contributed by atoms with Gasteiger partial charge in [-0.15, -0.1) is 0 Å². The van der Waals surface area contributed by atoms with Crippen molar-refractivity contribution in [1.82, 2.24) is 5.32 Å². The minimum absolute atomic E-state index is 0.127.